The summed E-state index contributed by atoms with van der Waals surface area (Å²) in [5.74, 6) is 0.0401. The first-order valence-corrected chi connectivity index (χ1v) is 9.38. The van der Waals surface area contributed by atoms with Crippen LogP contribution in [0.4, 0.5) is 16.2 Å². The fourth-order valence-corrected chi connectivity index (χ4v) is 2.27. The van der Waals surface area contributed by atoms with E-state index >= 15 is 0 Å². The quantitative estimate of drug-likeness (QED) is 0.752. The topological polar surface area (TPSA) is 97.0 Å². The highest BCUT2D eigenvalue weighted by molar-refractivity contribution is 6.05. The van der Waals surface area contributed by atoms with Crippen LogP contribution in [-0.4, -0.2) is 49.1 Å². The molecular weight excluding hydrogens is 386 g/mol. The van der Waals surface area contributed by atoms with Gasteiger partial charge in [-0.05, 0) is 63.2 Å². The second-order valence-electron chi connectivity index (χ2n) is 7.76. The van der Waals surface area contributed by atoms with E-state index in [2.05, 4.69) is 10.6 Å². The van der Waals surface area contributed by atoms with Gasteiger partial charge in [-0.3, -0.25) is 14.9 Å². The van der Waals surface area contributed by atoms with Gasteiger partial charge in [0.2, 0.25) is 0 Å². The summed E-state index contributed by atoms with van der Waals surface area (Å²) in [6.45, 7) is 5.25. The molecule has 8 nitrogen and oxygen atoms in total. The Morgan fingerprint density at radius 2 is 1.60 bits per heavy atom. The third-order valence-electron chi connectivity index (χ3n) is 3.74. The number of anilines is 2. The van der Waals surface area contributed by atoms with Crippen molar-refractivity contribution in [3.63, 3.8) is 0 Å². The maximum absolute atomic E-state index is 12.5. The minimum absolute atomic E-state index is 0.0594. The molecular formula is C22H27N3O5. The van der Waals surface area contributed by atoms with Crippen molar-refractivity contribution in [1.29, 1.82) is 0 Å². The van der Waals surface area contributed by atoms with Gasteiger partial charge >= 0.3 is 6.09 Å². The molecule has 0 aromatic heterocycles. The molecule has 0 saturated heterocycles. The number of ether oxygens (including phenoxy) is 2. The predicted octanol–water partition coefficient (Wildman–Crippen LogP) is 3.75. The van der Waals surface area contributed by atoms with Gasteiger partial charge in [0.15, 0.2) is 6.61 Å². The molecule has 2 N–H and O–H groups in total. The number of nitrogens with one attached hydrogen (secondary N) is 2. The minimum atomic E-state index is -0.616. The highest BCUT2D eigenvalue weighted by Gasteiger charge is 2.16. The summed E-state index contributed by atoms with van der Waals surface area (Å²) >= 11 is 0. The van der Waals surface area contributed by atoms with Crippen molar-refractivity contribution in [2.24, 2.45) is 0 Å². The maximum atomic E-state index is 12.5. The number of nitrogens with zero attached hydrogens (tertiary/aromatic N) is 1. The fourth-order valence-electron chi connectivity index (χ4n) is 2.27. The van der Waals surface area contributed by atoms with Crippen LogP contribution >= 0.6 is 0 Å². The summed E-state index contributed by atoms with van der Waals surface area (Å²) < 4.78 is 10.6. The molecule has 0 aliphatic carbocycles. The van der Waals surface area contributed by atoms with Crippen LogP contribution in [-0.2, 0) is 9.53 Å². The lowest BCUT2D eigenvalue weighted by Crippen LogP contribution is -2.27. The molecule has 8 heteroatoms. The van der Waals surface area contributed by atoms with Crippen LogP contribution in [0.2, 0.25) is 0 Å². The fraction of sp³-hybridized carbons (Fsp3) is 0.318. The van der Waals surface area contributed by atoms with Gasteiger partial charge in [0.05, 0.1) is 0 Å². The van der Waals surface area contributed by atoms with Gasteiger partial charge in [-0.15, -0.1) is 0 Å². The first kappa shape index (κ1) is 22.7. The van der Waals surface area contributed by atoms with Gasteiger partial charge < -0.3 is 19.7 Å². The SMILES string of the molecule is CN(C)C(=O)COc1ccc(NC(=O)c2cccc(NC(=O)OC(C)(C)C)c2)cc1. The zero-order valence-electron chi connectivity index (χ0n) is 17.8. The number of carbonyl (C=O) groups is 3. The van der Waals surface area contributed by atoms with Crippen molar-refractivity contribution in [3.05, 3.63) is 54.1 Å². The van der Waals surface area contributed by atoms with Gasteiger partial charge in [0.1, 0.15) is 11.4 Å². The Balaban J connectivity index is 1.96. The van der Waals surface area contributed by atoms with Gasteiger partial charge in [-0.2, -0.15) is 0 Å². The first-order chi connectivity index (χ1) is 14.0. The van der Waals surface area contributed by atoms with Crippen molar-refractivity contribution < 1.29 is 23.9 Å². The Morgan fingerprint density at radius 1 is 0.933 bits per heavy atom. The van der Waals surface area contributed by atoms with Crippen LogP contribution in [0.15, 0.2) is 48.5 Å². The molecule has 2 aromatic carbocycles. The number of hydrogen-bond donors (Lipinski definition) is 2. The standard InChI is InChI=1S/C22H27N3O5/c1-22(2,3)30-21(28)24-17-8-6-7-15(13-17)20(27)23-16-9-11-18(12-10-16)29-14-19(26)25(4)5/h6-13H,14H2,1-5H3,(H,23,27)(H,24,28). The third kappa shape index (κ3) is 7.46. The highest BCUT2D eigenvalue weighted by atomic mass is 16.6. The van der Waals surface area contributed by atoms with Gasteiger partial charge in [-0.1, -0.05) is 6.07 Å². The van der Waals surface area contributed by atoms with Crippen LogP contribution < -0.4 is 15.4 Å². The van der Waals surface area contributed by atoms with E-state index in [0.29, 0.717) is 22.7 Å². The monoisotopic (exact) mass is 413 g/mol. The minimum Gasteiger partial charge on any atom is -0.484 e. The zero-order valence-corrected chi connectivity index (χ0v) is 17.8. The maximum Gasteiger partial charge on any atom is 0.412 e. The van der Waals surface area contributed by atoms with Crippen LogP contribution in [0.5, 0.6) is 5.75 Å². The van der Waals surface area contributed by atoms with E-state index in [0.717, 1.165) is 0 Å². The van der Waals surface area contributed by atoms with Crippen molar-refractivity contribution in [1.82, 2.24) is 4.90 Å². The summed E-state index contributed by atoms with van der Waals surface area (Å²) in [5, 5.41) is 5.38. The number of benzene rings is 2. The molecule has 30 heavy (non-hydrogen) atoms. The summed E-state index contributed by atoms with van der Waals surface area (Å²) in [6, 6.07) is 13.2. The zero-order chi connectivity index (χ0) is 22.3. The lowest BCUT2D eigenvalue weighted by molar-refractivity contribution is -0.130. The van der Waals surface area contributed by atoms with Gasteiger partial charge in [-0.25, -0.2) is 4.79 Å². The van der Waals surface area contributed by atoms with E-state index in [1.165, 1.54) is 4.90 Å². The van der Waals surface area contributed by atoms with Crippen molar-refractivity contribution in [2.75, 3.05) is 31.3 Å². The molecule has 2 aromatic rings. The average molecular weight is 413 g/mol. The van der Waals surface area contributed by atoms with E-state index < -0.39 is 11.7 Å². The Hall–Kier alpha value is -3.55. The Morgan fingerprint density at radius 3 is 2.20 bits per heavy atom. The number of hydrogen-bond acceptors (Lipinski definition) is 5. The summed E-state index contributed by atoms with van der Waals surface area (Å²) in [6.07, 6.45) is -0.594. The van der Waals surface area contributed by atoms with Gasteiger partial charge in [0, 0.05) is 31.0 Å². The lowest BCUT2D eigenvalue weighted by Gasteiger charge is -2.19. The number of rotatable bonds is 6. The number of amides is 3. The highest BCUT2D eigenvalue weighted by Crippen LogP contribution is 2.18. The van der Waals surface area contributed by atoms with Gasteiger partial charge in [0.25, 0.3) is 11.8 Å². The first-order valence-electron chi connectivity index (χ1n) is 9.38. The molecule has 0 spiro atoms. The Kier molecular flexibility index (Phi) is 7.41. The predicted molar refractivity (Wildman–Crippen MR) is 115 cm³/mol. The molecule has 0 heterocycles. The van der Waals surface area contributed by atoms with Crippen LogP contribution in [0.25, 0.3) is 0 Å². The molecule has 0 aliphatic rings. The molecule has 0 unspecified atom stereocenters. The molecule has 0 atom stereocenters. The molecule has 160 valence electrons. The third-order valence-corrected chi connectivity index (χ3v) is 3.74. The largest absolute Gasteiger partial charge is 0.484 e. The van der Waals surface area contributed by atoms with Crippen LogP contribution in [0, 0.1) is 0 Å². The smallest absolute Gasteiger partial charge is 0.412 e. The van der Waals surface area contributed by atoms with Crippen molar-refractivity contribution in [3.8, 4) is 5.75 Å². The summed E-state index contributed by atoms with van der Waals surface area (Å²) in [7, 11) is 3.31. The van der Waals surface area contributed by atoms with Crippen molar-refractivity contribution >= 4 is 29.3 Å². The van der Waals surface area contributed by atoms with E-state index in [-0.39, 0.29) is 18.4 Å². The second-order valence-corrected chi connectivity index (χ2v) is 7.76. The summed E-state index contributed by atoms with van der Waals surface area (Å²) in [5.41, 5.74) is 0.776. The molecule has 2 rings (SSSR count). The molecule has 0 aliphatic heterocycles. The molecule has 3 amide bonds. The van der Waals surface area contributed by atoms with Crippen molar-refractivity contribution in [2.45, 2.75) is 26.4 Å². The Labute approximate surface area is 176 Å². The molecule has 0 radical (unpaired) electrons. The average Bonchev–Trinajstić information content (AvgIpc) is 2.65. The van der Waals surface area contributed by atoms with E-state index in [1.807, 2.05) is 0 Å². The summed E-state index contributed by atoms with van der Waals surface area (Å²) in [4.78, 5) is 37.4. The number of likely N-dealkylation sites (N-methyl/N-ethyl adjacent to an activating group) is 1. The normalized spacial score (nSPS) is 10.7. The van der Waals surface area contributed by atoms with Crippen LogP contribution in [0.3, 0.4) is 0 Å². The lowest BCUT2D eigenvalue weighted by atomic mass is 10.2. The Bertz CT molecular complexity index is 902. The van der Waals surface area contributed by atoms with E-state index in [4.69, 9.17) is 9.47 Å². The van der Waals surface area contributed by atoms with E-state index in [1.54, 1.807) is 83.4 Å². The number of carbonyl (C=O) groups excluding carboxylic acids is 3. The molecule has 0 saturated carbocycles. The molecule has 0 bridgehead atoms. The molecule has 0 fully saturated rings. The second kappa shape index (κ2) is 9.78. The van der Waals surface area contributed by atoms with E-state index in [9.17, 15) is 14.4 Å². The van der Waals surface area contributed by atoms with Crippen LogP contribution in [0.1, 0.15) is 31.1 Å².